The van der Waals surface area contributed by atoms with Gasteiger partial charge in [-0.25, -0.2) is 0 Å². The standard InChI is InChI=1S/C12H20O4/c1-4-12(14-7-8-15-12)5-2-10(1)16-11-3-6-13-9-11/h10-11H,1-9H2. The fourth-order valence-corrected chi connectivity index (χ4v) is 2.85. The first-order valence-corrected chi connectivity index (χ1v) is 6.37. The van der Waals surface area contributed by atoms with Crippen molar-refractivity contribution in [2.24, 2.45) is 0 Å². The van der Waals surface area contributed by atoms with Gasteiger partial charge in [-0.15, -0.1) is 0 Å². The zero-order valence-electron chi connectivity index (χ0n) is 9.65. The highest BCUT2D eigenvalue weighted by Crippen LogP contribution is 2.37. The summed E-state index contributed by atoms with van der Waals surface area (Å²) in [6.07, 6.45) is 5.81. The average Bonchev–Trinajstić information content (AvgIpc) is 2.94. The van der Waals surface area contributed by atoms with E-state index >= 15 is 0 Å². The third-order valence-corrected chi connectivity index (χ3v) is 3.78. The summed E-state index contributed by atoms with van der Waals surface area (Å²) in [6.45, 7) is 3.13. The van der Waals surface area contributed by atoms with Gasteiger partial charge >= 0.3 is 0 Å². The number of ether oxygens (including phenoxy) is 4. The van der Waals surface area contributed by atoms with E-state index in [2.05, 4.69) is 0 Å². The van der Waals surface area contributed by atoms with Crippen LogP contribution in [0.15, 0.2) is 0 Å². The van der Waals surface area contributed by atoms with Crippen LogP contribution in [0.3, 0.4) is 0 Å². The lowest BCUT2D eigenvalue weighted by molar-refractivity contribution is -0.195. The van der Waals surface area contributed by atoms with E-state index in [1.54, 1.807) is 0 Å². The zero-order valence-corrected chi connectivity index (χ0v) is 9.65. The molecular weight excluding hydrogens is 208 g/mol. The number of hydrogen-bond donors (Lipinski definition) is 0. The molecule has 1 saturated carbocycles. The maximum atomic E-state index is 6.02. The highest BCUT2D eigenvalue weighted by molar-refractivity contribution is 4.83. The second-order valence-corrected chi connectivity index (χ2v) is 4.93. The maximum Gasteiger partial charge on any atom is 0.168 e. The van der Waals surface area contributed by atoms with Gasteiger partial charge in [-0.3, -0.25) is 0 Å². The van der Waals surface area contributed by atoms with Crippen molar-refractivity contribution in [1.29, 1.82) is 0 Å². The lowest BCUT2D eigenvalue weighted by Gasteiger charge is -2.36. The summed E-state index contributed by atoms with van der Waals surface area (Å²) < 4.78 is 22.7. The van der Waals surface area contributed by atoms with Gasteiger partial charge in [-0.1, -0.05) is 0 Å². The molecule has 1 aliphatic carbocycles. The van der Waals surface area contributed by atoms with Crippen molar-refractivity contribution in [3.8, 4) is 0 Å². The molecule has 4 nitrogen and oxygen atoms in total. The van der Waals surface area contributed by atoms with Gasteiger partial charge in [0, 0.05) is 19.4 Å². The third-order valence-electron chi connectivity index (χ3n) is 3.78. The summed E-state index contributed by atoms with van der Waals surface area (Å²) in [5.74, 6) is -0.258. The minimum absolute atomic E-state index is 0.258. The van der Waals surface area contributed by atoms with E-state index in [4.69, 9.17) is 18.9 Å². The Morgan fingerprint density at radius 1 is 0.875 bits per heavy atom. The lowest BCUT2D eigenvalue weighted by Crippen LogP contribution is -2.38. The average molecular weight is 228 g/mol. The third kappa shape index (κ3) is 2.25. The molecule has 0 aromatic rings. The van der Waals surface area contributed by atoms with Crippen LogP contribution in [-0.4, -0.2) is 44.4 Å². The predicted molar refractivity (Wildman–Crippen MR) is 57.2 cm³/mol. The smallest absolute Gasteiger partial charge is 0.168 e. The summed E-state index contributed by atoms with van der Waals surface area (Å²) in [6, 6.07) is 0. The molecule has 0 aromatic carbocycles. The molecule has 2 saturated heterocycles. The molecule has 0 aromatic heterocycles. The molecule has 0 radical (unpaired) electrons. The van der Waals surface area contributed by atoms with E-state index in [-0.39, 0.29) is 5.79 Å². The molecule has 16 heavy (non-hydrogen) atoms. The van der Waals surface area contributed by atoms with Crippen molar-refractivity contribution >= 4 is 0 Å². The van der Waals surface area contributed by atoms with Crippen molar-refractivity contribution in [1.82, 2.24) is 0 Å². The fraction of sp³-hybridized carbons (Fsp3) is 1.00. The maximum absolute atomic E-state index is 6.02. The lowest BCUT2D eigenvalue weighted by atomic mass is 9.91. The van der Waals surface area contributed by atoms with Crippen LogP contribution in [0.25, 0.3) is 0 Å². The van der Waals surface area contributed by atoms with Crippen LogP contribution in [0, 0.1) is 0 Å². The predicted octanol–water partition coefficient (Wildman–Crippen LogP) is 1.48. The molecule has 0 N–H and O–H groups in total. The monoisotopic (exact) mass is 228 g/mol. The molecular formula is C12H20O4. The first-order chi connectivity index (χ1) is 7.86. The highest BCUT2D eigenvalue weighted by atomic mass is 16.7. The van der Waals surface area contributed by atoms with E-state index in [0.717, 1.165) is 58.5 Å². The van der Waals surface area contributed by atoms with Gasteiger partial charge in [0.15, 0.2) is 5.79 Å². The van der Waals surface area contributed by atoms with Crippen LogP contribution in [0.2, 0.25) is 0 Å². The summed E-state index contributed by atoms with van der Waals surface area (Å²) in [5, 5.41) is 0. The van der Waals surface area contributed by atoms with Crippen molar-refractivity contribution in [2.45, 2.75) is 50.1 Å². The van der Waals surface area contributed by atoms with Crippen molar-refractivity contribution in [3.05, 3.63) is 0 Å². The summed E-state index contributed by atoms with van der Waals surface area (Å²) >= 11 is 0. The molecule has 92 valence electrons. The number of rotatable bonds is 2. The Bertz CT molecular complexity index is 221. The molecule has 1 spiro atoms. The quantitative estimate of drug-likeness (QED) is 0.717. The first-order valence-electron chi connectivity index (χ1n) is 6.37. The molecule has 1 unspecified atom stereocenters. The topological polar surface area (TPSA) is 36.9 Å². The van der Waals surface area contributed by atoms with E-state index in [0.29, 0.717) is 12.2 Å². The molecule has 2 aliphatic heterocycles. The van der Waals surface area contributed by atoms with Gasteiger partial charge in [-0.05, 0) is 19.3 Å². The Labute approximate surface area is 96.2 Å². The summed E-state index contributed by atoms with van der Waals surface area (Å²) in [4.78, 5) is 0. The molecule has 0 amide bonds. The molecule has 0 bridgehead atoms. The second kappa shape index (κ2) is 4.61. The van der Waals surface area contributed by atoms with Crippen LogP contribution < -0.4 is 0 Å². The summed E-state index contributed by atoms with van der Waals surface area (Å²) in [5.41, 5.74) is 0. The molecule has 3 aliphatic rings. The van der Waals surface area contributed by atoms with Crippen molar-refractivity contribution in [2.75, 3.05) is 26.4 Å². The number of hydrogen-bond acceptors (Lipinski definition) is 4. The SMILES string of the molecule is C1CC(OC2CCC3(CC2)OCCO3)CO1. The van der Waals surface area contributed by atoms with Crippen LogP contribution in [0.5, 0.6) is 0 Å². The van der Waals surface area contributed by atoms with Crippen LogP contribution in [0.1, 0.15) is 32.1 Å². The molecule has 3 rings (SSSR count). The largest absolute Gasteiger partial charge is 0.379 e. The van der Waals surface area contributed by atoms with E-state index < -0.39 is 0 Å². The van der Waals surface area contributed by atoms with Crippen LogP contribution in [-0.2, 0) is 18.9 Å². The van der Waals surface area contributed by atoms with Crippen molar-refractivity contribution < 1.29 is 18.9 Å². The van der Waals surface area contributed by atoms with Gasteiger partial charge < -0.3 is 18.9 Å². The van der Waals surface area contributed by atoms with E-state index in [1.165, 1.54) is 0 Å². The van der Waals surface area contributed by atoms with Gasteiger partial charge in [0.25, 0.3) is 0 Å². The molecule has 3 fully saturated rings. The Kier molecular flexibility index (Phi) is 3.16. The Morgan fingerprint density at radius 2 is 1.62 bits per heavy atom. The summed E-state index contributed by atoms with van der Waals surface area (Å²) in [7, 11) is 0. The van der Waals surface area contributed by atoms with E-state index in [1.807, 2.05) is 0 Å². The van der Waals surface area contributed by atoms with Crippen molar-refractivity contribution in [3.63, 3.8) is 0 Å². The fourth-order valence-electron chi connectivity index (χ4n) is 2.85. The Hall–Kier alpha value is -0.160. The van der Waals surface area contributed by atoms with Gasteiger partial charge in [0.1, 0.15) is 0 Å². The van der Waals surface area contributed by atoms with Crippen LogP contribution in [0.4, 0.5) is 0 Å². The van der Waals surface area contributed by atoms with E-state index in [9.17, 15) is 0 Å². The van der Waals surface area contributed by atoms with Gasteiger partial charge in [-0.2, -0.15) is 0 Å². The molecule has 1 atom stereocenters. The Morgan fingerprint density at radius 3 is 2.25 bits per heavy atom. The highest BCUT2D eigenvalue weighted by Gasteiger charge is 2.41. The minimum Gasteiger partial charge on any atom is -0.379 e. The second-order valence-electron chi connectivity index (χ2n) is 4.93. The van der Waals surface area contributed by atoms with Gasteiger partial charge in [0.2, 0.25) is 0 Å². The zero-order chi connectivity index (χ0) is 10.8. The first kappa shape index (κ1) is 11.0. The normalized spacial score (nSPS) is 34.9. The molecule has 2 heterocycles. The van der Waals surface area contributed by atoms with Gasteiger partial charge in [0.05, 0.1) is 32.0 Å². The Balaban J connectivity index is 1.46. The minimum atomic E-state index is -0.258. The molecule has 4 heteroatoms. The van der Waals surface area contributed by atoms with Crippen LogP contribution >= 0.6 is 0 Å².